The Morgan fingerprint density at radius 1 is 1.10 bits per heavy atom. The Labute approximate surface area is 174 Å². The van der Waals surface area contributed by atoms with E-state index in [-0.39, 0.29) is 34.7 Å². The molecule has 0 aliphatic heterocycles. The van der Waals surface area contributed by atoms with Crippen LogP contribution in [0.5, 0.6) is 11.5 Å². The average molecular weight is 513 g/mol. The van der Waals surface area contributed by atoms with Crippen LogP contribution in [0.4, 0.5) is 30.7 Å². The zero-order chi connectivity index (χ0) is 23.2. The number of halogens is 8. The van der Waals surface area contributed by atoms with Crippen LogP contribution >= 0.6 is 15.9 Å². The molecule has 1 aromatic carbocycles. The van der Waals surface area contributed by atoms with E-state index in [4.69, 9.17) is 14.2 Å². The number of carbonyl (C=O) groups excluding carboxylic acids is 1. The Balaban J connectivity index is 3.04. The zero-order valence-electron chi connectivity index (χ0n) is 15.5. The third kappa shape index (κ3) is 6.37. The van der Waals surface area contributed by atoms with Gasteiger partial charge in [-0.3, -0.25) is 0 Å². The number of carbonyl (C=O) groups is 1. The van der Waals surface area contributed by atoms with Crippen molar-refractivity contribution in [3.05, 3.63) is 22.2 Å². The van der Waals surface area contributed by atoms with E-state index in [0.29, 0.717) is 11.6 Å². The summed E-state index contributed by atoms with van der Waals surface area (Å²) in [7, 11) is 0. The maximum atomic E-state index is 13.2. The largest absolute Gasteiger partial charge is 0.490 e. The molecule has 0 aromatic heterocycles. The van der Waals surface area contributed by atoms with Gasteiger partial charge in [0.1, 0.15) is 0 Å². The molecule has 0 amide bonds. The number of ether oxygens (including phenoxy) is 3. The number of nitrogens with one attached hydrogen (secondary N) is 1. The van der Waals surface area contributed by atoms with E-state index >= 15 is 0 Å². The standard InChI is InChI=1S/C16H16BrF7N2O4/c1-3-28-11-6-9(5-10(17)13(11)30-8-12(27)29-4-2)7-25-26-16(23,24)14(18,19)15(20,21)22/h5-7,26H,3-4,8H2,1-2H3/b25-7+. The van der Waals surface area contributed by atoms with Gasteiger partial charge < -0.3 is 14.2 Å². The molecule has 1 N–H and O–H groups in total. The van der Waals surface area contributed by atoms with E-state index < -0.39 is 30.7 Å². The van der Waals surface area contributed by atoms with Gasteiger partial charge in [0.15, 0.2) is 18.1 Å². The average Bonchev–Trinajstić information content (AvgIpc) is 2.60. The maximum absolute atomic E-state index is 13.2. The van der Waals surface area contributed by atoms with Crippen molar-refractivity contribution in [1.29, 1.82) is 0 Å². The lowest BCUT2D eigenvalue weighted by Gasteiger charge is -2.27. The number of hydrogen-bond donors (Lipinski definition) is 1. The molecule has 0 saturated heterocycles. The summed E-state index contributed by atoms with van der Waals surface area (Å²) in [6.07, 6.45) is -5.91. The van der Waals surface area contributed by atoms with Crippen LogP contribution in [0.2, 0.25) is 0 Å². The maximum Gasteiger partial charge on any atom is 0.462 e. The van der Waals surface area contributed by atoms with Crippen LogP contribution in [0.25, 0.3) is 0 Å². The van der Waals surface area contributed by atoms with E-state index in [2.05, 4.69) is 21.0 Å². The minimum Gasteiger partial charge on any atom is -0.490 e. The quantitative estimate of drug-likeness (QED) is 0.164. The number of benzene rings is 1. The highest BCUT2D eigenvalue weighted by Crippen LogP contribution is 2.45. The van der Waals surface area contributed by atoms with E-state index in [9.17, 15) is 35.5 Å². The SMILES string of the molecule is CCOC(=O)COc1c(Br)cc(/C=N/NC(F)(F)C(F)(F)C(F)(F)F)cc1OCC. The Morgan fingerprint density at radius 2 is 1.73 bits per heavy atom. The summed E-state index contributed by atoms with van der Waals surface area (Å²) in [5.74, 6) is -6.96. The molecular formula is C16H16BrF7N2O4. The Morgan fingerprint density at radius 3 is 2.27 bits per heavy atom. The number of nitrogens with zero attached hydrogens (tertiary/aromatic N) is 1. The first-order chi connectivity index (χ1) is 13.8. The lowest BCUT2D eigenvalue weighted by molar-refractivity contribution is -0.361. The van der Waals surface area contributed by atoms with Crippen molar-refractivity contribution < 1.29 is 49.7 Å². The van der Waals surface area contributed by atoms with Gasteiger partial charge in [-0.1, -0.05) is 0 Å². The van der Waals surface area contributed by atoms with Gasteiger partial charge in [0.25, 0.3) is 0 Å². The van der Waals surface area contributed by atoms with Gasteiger partial charge in [-0.05, 0) is 47.5 Å². The first-order valence-electron chi connectivity index (χ1n) is 8.14. The predicted molar refractivity (Wildman–Crippen MR) is 94.1 cm³/mol. The van der Waals surface area contributed by atoms with Crippen LogP contribution in [0.15, 0.2) is 21.7 Å². The molecule has 30 heavy (non-hydrogen) atoms. The minimum atomic E-state index is -6.48. The van der Waals surface area contributed by atoms with Crippen LogP contribution in [0, 0.1) is 0 Å². The van der Waals surface area contributed by atoms with Crippen molar-refractivity contribution in [3.8, 4) is 11.5 Å². The fourth-order valence-electron chi connectivity index (χ4n) is 1.84. The molecule has 1 aromatic rings. The van der Waals surface area contributed by atoms with Crippen molar-refractivity contribution in [2.24, 2.45) is 5.10 Å². The normalized spacial score (nSPS) is 12.7. The smallest absolute Gasteiger partial charge is 0.462 e. The van der Waals surface area contributed by atoms with Crippen molar-refractivity contribution in [2.45, 2.75) is 32.0 Å². The predicted octanol–water partition coefficient (Wildman–Crippen LogP) is 4.50. The van der Waals surface area contributed by atoms with Crippen LogP contribution in [-0.2, 0) is 9.53 Å². The van der Waals surface area contributed by atoms with Gasteiger partial charge in [-0.2, -0.15) is 35.8 Å². The van der Waals surface area contributed by atoms with Crippen molar-refractivity contribution in [3.63, 3.8) is 0 Å². The molecular weight excluding hydrogens is 497 g/mol. The molecule has 1 rings (SSSR count). The minimum absolute atomic E-state index is 0.0185. The molecule has 0 aliphatic carbocycles. The molecule has 0 unspecified atom stereocenters. The van der Waals surface area contributed by atoms with E-state index in [1.807, 2.05) is 0 Å². The van der Waals surface area contributed by atoms with Gasteiger partial charge in [-0.25, -0.2) is 10.2 Å². The highest BCUT2D eigenvalue weighted by atomic mass is 79.9. The van der Waals surface area contributed by atoms with Gasteiger partial charge in [0.05, 0.1) is 23.9 Å². The molecule has 0 fully saturated rings. The molecule has 14 heteroatoms. The molecule has 0 atom stereocenters. The summed E-state index contributed by atoms with van der Waals surface area (Å²) in [5, 5.41) is 2.77. The number of alkyl halides is 7. The first-order valence-corrected chi connectivity index (χ1v) is 8.93. The number of hydrogen-bond acceptors (Lipinski definition) is 6. The van der Waals surface area contributed by atoms with Crippen molar-refractivity contribution in [2.75, 3.05) is 19.8 Å². The molecule has 0 aliphatic rings. The monoisotopic (exact) mass is 512 g/mol. The van der Waals surface area contributed by atoms with Crippen LogP contribution in [0.1, 0.15) is 19.4 Å². The summed E-state index contributed by atoms with van der Waals surface area (Å²) in [4.78, 5) is 11.4. The topological polar surface area (TPSA) is 69.2 Å². The van der Waals surface area contributed by atoms with Gasteiger partial charge in [-0.15, -0.1) is 0 Å². The summed E-state index contributed by atoms with van der Waals surface area (Å²) in [6.45, 7) is 2.97. The fourth-order valence-corrected chi connectivity index (χ4v) is 2.41. The van der Waals surface area contributed by atoms with Gasteiger partial charge in [0.2, 0.25) is 0 Å². The van der Waals surface area contributed by atoms with Crippen LogP contribution in [-0.4, -0.2) is 50.1 Å². The third-order valence-corrected chi connectivity index (χ3v) is 3.73. The summed E-state index contributed by atoms with van der Waals surface area (Å²) in [5.41, 5.74) is 0.491. The molecule has 0 heterocycles. The first kappa shape index (κ1) is 25.8. The van der Waals surface area contributed by atoms with E-state index in [1.54, 1.807) is 13.8 Å². The summed E-state index contributed by atoms with van der Waals surface area (Å²) < 4.78 is 104. The van der Waals surface area contributed by atoms with Gasteiger partial charge >= 0.3 is 24.1 Å². The number of hydrazone groups is 1. The highest BCUT2D eigenvalue weighted by Gasteiger charge is 2.73. The molecule has 0 radical (unpaired) electrons. The zero-order valence-corrected chi connectivity index (χ0v) is 17.0. The molecule has 0 saturated carbocycles. The van der Waals surface area contributed by atoms with Crippen LogP contribution < -0.4 is 14.9 Å². The van der Waals surface area contributed by atoms with Crippen molar-refractivity contribution in [1.82, 2.24) is 5.43 Å². The second kappa shape index (κ2) is 10.2. The molecule has 0 bridgehead atoms. The Kier molecular flexibility index (Phi) is 8.75. The van der Waals surface area contributed by atoms with E-state index in [1.165, 1.54) is 12.1 Å². The number of rotatable bonds is 10. The Hall–Kier alpha value is -2.25. The molecule has 0 spiro atoms. The summed E-state index contributed by atoms with van der Waals surface area (Å²) in [6, 6.07) is -3.29. The highest BCUT2D eigenvalue weighted by molar-refractivity contribution is 9.10. The molecule has 6 nitrogen and oxygen atoms in total. The van der Waals surface area contributed by atoms with E-state index in [0.717, 1.165) is 0 Å². The third-order valence-electron chi connectivity index (χ3n) is 3.14. The lowest BCUT2D eigenvalue weighted by atomic mass is 10.2. The number of esters is 1. The van der Waals surface area contributed by atoms with Gasteiger partial charge in [0, 0.05) is 0 Å². The lowest BCUT2D eigenvalue weighted by Crippen LogP contribution is -2.58. The fraction of sp³-hybridized carbons (Fsp3) is 0.500. The second-order valence-electron chi connectivity index (χ2n) is 5.37. The summed E-state index contributed by atoms with van der Waals surface area (Å²) >= 11 is 3.09. The Bertz CT molecular complexity index is 773. The van der Waals surface area contributed by atoms with Crippen LogP contribution in [0.3, 0.4) is 0 Å². The van der Waals surface area contributed by atoms with Crippen molar-refractivity contribution >= 4 is 28.1 Å². The molecule has 170 valence electrons. The second-order valence-corrected chi connectivity index (χ2v) is 6.23.